The monoisotopic (exact) mass is 536 g/mol. The van der Waals surface area contributed by atoms with Gasteiger partial charge in [-0.15, -0.1) is 0 Å². The molecule has 0 bridgehead atoms. The van der Waals surface area contributed by atoms with Crippen LogP contribution in [0.2, 0.25) is 0 Å². The number of hydrogen-bond donors (Lipinski definition) is 5. The minimum atomic E-state index is -2.32. The van der Waals surface area contributed by atoms with Gasteiger partial charge in [0, 0.05) is 4.91 Å². The zero-order valence-electron chi connectivity index (χ0n) is 16.3. The van der Waals surface area contributed by atoms with Crippen molar-refractivity contribution in [2.24, 2.45) is 5.11 Å². The summed E-state index contributed by atoms with van der Waals surface area (Å²) >= 11 is 16.8. The third-order valence-electron chi connectivity index (χ3n) is 5.05. The molecule has 18 heteroatoms. The minimum absolute atomic E-state index is 0.647. The van der Waals surface area contributed by atoms with Crippen molar-refractivity contribution in [2.45, 2.75) is 65.1 Å². The summed E-state index contributed by atoms with van der Waals surface area (Å²) in [5.74, 6) is -0.922. The molecule has 33 heavy (non-hydrogen) atoms. The molecule has 3 aliphatic rings. The second kappa shape index (κ2) is 10.5. The largest absolute Gasteiger partial charge is 0.509 e. The van der Waals surface area contributed by atoms with Crippen LogP contribution in [0.5, 0.6) is 0 Å². The summed E-state index contributed by atoms with van der Waals surface area (Å²) in [5, 5.41) is 51.5. The summed E-state index contributed by atoms with van der Waals surface area (Å²) in [6, 6.07) is -1.55. The van der Waals surface area contributed by atoms with Gasteiger partial charge in [0.05, 0.1) is 13.2 Å². The van der Waals surface area contributed by atoms with E-state index >= 15 is 0 Å². The molecule has 3 fully saturated rings. The van der Waals surface area contributed by atoms with Crippen molar-refractivity contribution in [3.63, 3.8) is 0 Å². The first-order valence-electron chi connectivity index (χ1n) is 9.29. The molecule has 3 heterocycles. The van der Waals surface area contributed by atoms with Crippen molar-refractivity contribution in [1.82, 2.24) is 0 Å². The second-order valence-electron chi connectivity index (χ2n) is 7.09. The van der Waals surface area contributed by atoms with Crippen LogP contribution in [0.3, 0.4) is 0 Å². The van der Waals surface area contributed by atoms with E-state index in [1.807, 2.05) is 0 Å². The fourth-order valence-electron chi connectivity index (χ4n) is 3.51. The van der Waals surface area contributed by atoms with Gasteiger partial charge in [-0.25, -0.2) is 4.79 Å². The first kappa shape index (κ1) is 26.2. The lowest BCUT2D eigenvalue weighted by molar-refractivity contribution is -0.329. The van der Waals surface area contributed by atoms with E-state index in [-0.39, 0.29) is 0 Å². The van der Waals surface area contributed by atoms with Crippen molar-refractivity contribution in [1.29, 1.82) is 5.41 Å². The number of carbonyl (C=O) groups excluding carboxylic acids is 1. The van der Waals surface area contributed by atoms with Crippen molar-refractivity contribution in [2.75, 3.05) is 13.2 Å². The predicted octanol–water partition coefficient (Wildman–Crippen LogP) is -0.525. The van der Waals surface area contributed by atoms with Gasteiger partial charge in [0.2, 0.25) is 12.2 Å². The maximum Gasteiger partial charge on any atom is 0.509 e. The number of azide groups is 1. The molecule has 0 aromatic rings. The van der Waals surface area contributed by atoms with Crippen LogP contribution in [0.25, 0.3) is 10.4 Å². The van der Waals surface area contributed by atoms with E-state index in [1.54, 1.807) is 0 Å². The molecule has 186 valence electrons. The van der Waals surface area contributed by atoms with Crippen LogP contribution < -0.4 is 0 Å². The Hall–Kier alpha value is -1.36. The quantitative estimate of drug-likeness (QED) is 0.0550. The predicted molar refractivity (Wildman–Crippen MR) is 106 cm³/mol. The highest BCUT2D eigenvalue weighted by Crippen LogP contribution is 2.36. The molecule has 0 aromatic heterocycles. The molecule has 0 saturated carbocycles. The Morgan fingerprint density at radius 2 is 1.70 bits per heavy atom. The SMILES string of the molecule is [N-]=[N+]=NC1C(OC(=N)C(Cl)(Cl)Cl)OC(CO)C(O)[C@@H]1O[C@@H]1OC(CO)C2OC(=O)O[C@@H]2C1O. The summed E-state index contributed by atoms with van der Waals surface area (Å²) in [4.78, 5) is 14.1. The molecule has 3 saturated heterocycles. The molecule has 3 rings (SSSR count). The maximum atomic E-state index is 11.5. The molecule has 0 spiro atoms. The molecule has 3 aliphatic heterocycles. The van der Waals surface area contributed by atoms with Crippen LogP contribution in [0.1, 0.15) is 0 Å². The lowest BCUT2D eigenvalue weighted by atomic mass is 9.96. The average molecular weight is 538 g/mol. The number of rotatable bonds is 6. The third-order valence-corrected chi connectivity index (χ3v) is 5.56. The van der Waals surface area contributed by atoms with E-state index in [9.17, 15) is 25.2 Å². The zero-order valence-corrected chi connectivity index (χ0v) is 18.6. The highest BCUT2D eigenvalue weighted by Gasteiger charge is 2.56. The van der Waals surface area contributed by atoms with Crippen LogP contribution in [-0.2, 0) is 28.4 Å². The van der Waals surface area contributed by atoms with Crippen LogP contribution in [0.15, 0.2) is 5.11 Å². The van der Waals surface area contributed by atoms with Crippen LogP contribution in [0, 0.1) is 5.41 Å². The molecule has 0 amide bonds. The van der Waals surface area contributed by atoms with Gasteiger partial charge in [-0.05, 0) is 5.53 Å². The van der Waals surface area contributed by atoms with Crippen LogP contribution in [-0.4, -0.2) is 111 Å². The van der Waals surface area contributed by atoms with E-state index in [4.69, 9.17) is 74.2 Å². The molecule has 0 aliphatic carbocycles. The van der Waals surface area contributed by atoms with Crippen LogP contribution >= 0.6 is 34.8 Å². The molecule has 0 radical (unpaired) electrons. The lowest BCUT2D eigenvalue weighted by Crippen LogP contribution is -2.64. The molecule has 15 nitrogen and oxygen atoms in total. The molecular formula is C15H19Cl3N4O11. The number of halogens is 3. The van der Waals surface area contributed by atoms with Gasteiger partial charge in [-0.3, -0.25) is 5.41 Å². The number of nitrogens with one attached hydrogen (secondary N) is 1. The zero-order chi connectivity index (χ0) is 24.5. The maximum absolute atomic E-state index is 11.5. The molecule has 0 aromatic carbocycles. The normalized spacial score (nSPS) is 40.8. The van der Waals surface area contributed by atoms with E-state index in [0.29, 0.717) is 0 Å². The number of nitrogens with zero attached hydrogens (tertiary/aromatic N) is 3. The van der Waals surface area contributed by atoms with Gasteiger partial charge in [0.1, 0.15) is 36.6 Å². The van der Waals surface area contributed by atoms with Gasteiger partial charge < -0.3 is 48.8 Å². The lowest BCUT2D eigenvalue weighted by Gasteiger charge is -2.45. The smallest absolute Gasteiger partial charge is 0.448 e. The standard InChI is InChI=1S/C15H19Cl3N4O11/c16-15(17,18)13(19)33-11-5(21-22-20)9(6(25)3(1-23)28-11)30-12-7(26)10-8(4(2-24)29-12)31-14(27)32-10/h3-12,19,23-26H,1-2H2/t3?,4?,5?,6?,7?,8?,9-,10-,11?,12+/m1/s1. The molecule has 10 atom stereocenters. The van der Waals surface area contributed by atoms with Gasteiger partial charge in [-0.1, -0.05) is 39.9 Å². The summed E-state index contributed by atoms with van der Waals surface area (Å²) in [5.41, 5.74) is 8.99. The number of carbonyl (C=O) groups is 1. The van der Waals surface area contributed by atoms with E-state index in [0.717, 1.165) is 0 Å². The minimum Gasteiger partial charge on any atom is -0.448 e. The van der Waals surface area contributed by atoms with Crippen LogP contribution in [0.4, 0.5) is 4.79 Å². The summed E-state index contributed by atoms with van der Waals surface area (Å²) in [6.45, 7) is -1.42. The molecule has 7 unspecified atom stereocenters. The number of fused-ring (bicyclic) bond motifs is 1. The Morgan fingerprint density at radius 3 is 2.27 bits per heavy atom. The number of hydrogen-bond acceptors (Lipinski definition) is 13. The summed E-state index contributed by atoms with van der Waals surface area (Å²) in [6.07, 6.45) is -14.3. The third kappa shape index (κ3) is 5.49. The fourth-order valence-corrected chi connectivity index (χ4v) is 3.64. The summed E-state index contributed by atoms with van der Waals surface area (Å²) < 4.78 is 29.0. The fraction of sp³-hybridized carbons (Fsp3) is 0.867. The number of aliphatic hydroxyl groups excluding tert-OH is 4. The van der Waals surface area contributed by atoms with Crippen molar-refractivity contribution >= 4 is 46.9 Å². The Balaban J connectivity index is 1.87. The molecular weight excluding hydrogens is 519 g/mol. The highest BCUT2D eigenvalue weighted by molar-refractivity contribution is 6.76. The molecule has 5 N–H and O–H groups in total. The Labute approximate surface area is 200 Å². The number of alkyl halides is 3. The van der Waals surface area contributed by atoms with Gasteiger partial charge in [0.25, 0.3) is 3.79 Å². The van der Waals surface area contributed by atoms with Crippen molar-refractivity contribution < 1.29 is 53.6 Å². The van der Waals surface area contributed by atoms with Gasteiger partial charge in [-0.2, -0.15) is 0 Å². The highest BCUT2D eigenvalue weighted by atomic mass is 35.6. The average Bonchev–Trinajstić information content (AvgIpc) is 3.15. The van der Waals surface area contributed by atoms with Crippen molar-refractivity contribution in [3.05, 3.63) is 10.4 Å². The first-order chi connectivity index (χ1) is 15.5. The van der Waals surface area contributed by atoms with Gasteiger partial charge in [0.15, 0.2) is 18.5 Å². The Kier molecular flexibility index (Phi) is 8.35. The number of ether oxygens (including phenoxy) is 6. The van der Waals surface area contributed by atoms with Gasteiger partial charge >= 0.3 is 6.16 Å². The van der Waals surface area contributed by atoms with E-state index in [2.05, 4.69) is 10.0 Å². The Morgan fingerprint density at radius 1 is 1.09 bits per heavy atom. The van der Waals surface area contributed by atoms with Crippen molar-refractivity contribution in [3.8, 4) is 0 Å². The summed E-state index contributed by atoms with van der Waals surface area (Å²) in [7, 11) is 0. The second-order valence-corrected chi connectivity index (χ2v) is 9.37. The van der Waals surface area contributed by atoms with E-state index < -0.39 is 90.4 Å². The topological polar surface area (TPSA) is 226 Å². The number of aliphatic hydroxyl groups is 4. The van der Waals surface area contributed by atoms with E-state index in [1.165, 1.54) is 0 Å². The Bertz CT molecular complexity index is 798. The first-order valence-corrected chi connectivity index (χ1v) is 10.4.